The lowest BCUT2D eigenvalue weighted by molar-refractivity contribution is -0.134. The number of aromatic nitrogens is 2. The number of likely N-dealkylation sites (N-methyl/N-ethyl adjacent to an activating group) is 1. The molecule has 0 bridgehead atoms. The summed E-state index contributed by atoms with van der Waals surface area (Å²) < 4.78 is 1.73. The maximum Gasteiger partial charge on any atom is 0.289 e. The van der Waals surface area contributed by atoms with Gasteiger partial charge in [-0.15, -0.1) is 0 Å². The zero-order valence-corrected chi connectivity index (χ0v) is 18.1. The monoisotopic (exact) mass is 416 g/mol. The number of benzene rings is 2. The number of rotatable bonds is 5. The maximum atomic E-state index is 13.2. The lowest BCUT2D eigenvalue weighted by Crippen LogP contribution is -2.38. The number of imidazole rings is 1. The molecule has 31 heavy (non-hydrogen) atoms. The third-order valence-corrected chi connectivity index (χ3v) is 5.97. The van der Waals surface area contributed by atoms with Crippen molar-refractivity contribution in [2.45, 2.75) is 13.3 Å². The highest BCUT2D eigenvalue weighted by atomic mass is 16.2. The molecule has 3 aromatic rings. The standard InChI is InChI=1S/C25H28N4O2/c1-3-28-15-16-29(25(31)23-26-13-14-27(23)2)18-22(24(28)30)17-19-9-11-21(12-10-19)20-7-5-4-6-8-20/h4-14,22H,3,15-18H2,1-2H3/t22-/m0/s1. The van der Waals surface area contributed by atoms with Crippen molar-refractivity contribution >= 4 is 11.8 Å². The highest BCUT2D eigenvalue weighted by Gasteiger charge is 2.33. The SMILES string of the molecule is CCN1CCN(C(=O)c2nccn2C)C[C@H](Cc2ccc(-c3ccccc3)cc2)C1=O. The fourth-order valence-electron chi connectivity index (χ4n) is 4.16. The molecule has 0 radical (unpaired) electrons. The Hall–Kier alpha value is -3.41. The average molecular weight is 417 g/mol. The molecule has 0 saturated carbocycles. The summed E-state index contributed by atoms with van der Waals surface area (Å²) in [7, 11) is 1.81. The lowest BCUT2D eigenvalue weighted by atomic mass is 9.95. The van der Waals surface area contributed by atoms with Crippen LogP contribution >= 0.6 is 0 Å². The van der Waals surface area contributed by atoms with Gasteiger partial charge >= 0.3 is 0 Å². The number of aryl methyl sites for hydroxylation is 1. The number of hydrogen-bond acceptors (Lipinski definition) is 3. The Balaban J connectivity index is 1.53. The van der Waals surface area contributed by atoms with Gasteiger partial charge in [0, 0.05) is 45.6 Å². The number of amides is 2. The van der Waals surface area contributed by atoms with E-state index in [1.807, 2.05) is 37.1 Å². The van der Waals surface area contributed by atoms with Crippen molar-refractivity contribution in [1.82, 2.24) is 19.4 Å². The Morgan fingerprint density at radius 1 is 1.03 bits per heavy atom. The van der Waals surface area contributed by atoms with E-state index in [2.05, 4.69) is 41.4 Å². The van der Waals surface area contributed by atoms with Crippen LogP contribution in [0, 0.1) is 5.92 Å². The number of nitrogens with zero attached hydrogens (tertiary/aromatic N) is 4. The van der Waals surface area contributed by atoms with E-state index in [-0.39, 0.29) is 17.7 Å². The molecule has 1 aliphatic heterocycles. The smallest absolute Gasteiger partial charge is 0.289 e. The van der Waals surface area contributed by atoms with Crippen LogP contribution in [0.2, 0.25) is 0 Å². The molecule has 0 unspecified atom stereocenters. The second-order valence-corrected chi connectivity index (χ2v) is 7.99. The highest BCUT2D eigenvalue weighted by molar-refractivity contribution is 5.91. The molecule has 2 aromatic carbocycles. The molecule has 1 aliphatic rings. The van der Waals surface area contributed by atoms with Crippen molar-refractivity contribution in [3.8, 4) is 11.1 Å². The Morgan fingerprint density at radius 3 is 2.39 bits per heavy atom. The molecule has 1 atom stereocenters. The summed E-state index contributed by atoms with van der Waals surface area (Å²) in [5.41, 5.74) is 3.42. The fraction of sp³-hybridized carbons (Fsp3) is 0.320. The zero-order chi connectivity index (χ0) is 21.8. The van der Waals surface area contributed by atoms with E-state index >= 15 is 0 Å². The van der Waals surface area contributed by atoms with Crippen LogP contribution < -0.4 is 0 Å². The molecule has 1 aromatic heterocycles. The van der Waals surface area contributed by atoms with Crippen molar-refractivity contribution in [2.24, 2.45) is 13.0 Å². The van der Waals surface area contributed by atoms with E-state index in [9.17, 15) is 9.59 Å². The maximum absolute atomic E-state index is 13.2. The average Bonchev–Trinajstić information content (AvgIpc) is 3.17. The lowest BCUT2D eigenvalue weighted by Gasteiger charge is -2.23. The molecule has 6 nitrogen and oxygen atoms in total. The minimum Gasteiger partial charge on any atom is -0.341 e. The van der Waals surface area contributed by atoms with Crippen LogP contribution in [-0.4, -0.2) is 57.3 Å². The van der Waals surface area contributed by atoms with E-state index < -0.39 is 0 Å². The third-order valence-electron chi connectivity index (χ3n) is 5.97. The second kappa shape index (κ2) is 9.16. The normalized spacial score (nSPS) is 17.0. The zero-order valence-electron chi connectivity index (χ0n) is 18.1. The van der Waals surface area contributed by atoms with Gasteiger partial charge in [0.05, 0.1) is 5.92 Å². The second-order valence-electron chi connectivity index (χ2n) is 7.99. The molecule has 2 heterocycles. The summed E-state index contributed by atoms with van der Waals surface area (Å²) >= 11 is 0. The van der Waals surface area contributed by atoms with Crippen molar-refractivity contribution < 1.29 is 9.59 Å². The Kier molecular flexibility index (Phi) is 6.16. The number of carbonyl (C=O) groups excluding carboxylic acids is 2. The van der Waals surface area contributed by atoms with Crippen molar-refractivity contribution in [2.75, 3.05) is 26.2 Å². The summed E-state index contributed by atoms with van der Waals surface area (Å²) in [5, 5.41) is 0. The number of carbonyl (C=O) groups is 2. The molecule has 6 heteroatoms. The quantitative estimate of drug-likeness (QED) is 0.642. The molecule has 2 amide bonds. The van der Waals surface area contributed by atoms with Gasteiger partial charge in [-0.1, -0.05) is 54.6 Å². The predicted octanol–water partition coefficient (Wildman–Crippen LogP) is 3.25. The first-order valence-corrected chi connectivity index (χ1v) is 10.8. The first kappa shape index (κ1) is 20.8. The largest absolute Gasteiger partial charge is 0.341 e. The Morgan fingerprint density at radius 2 is 1.74 bits per heavy atom. The van der Waals surface area contributed by atoms with E-state index in [1.165, 1.54) is 5.56 Å². The molecule has 4 rings (SSSR count). The molecule has 0 aliphatic carbocycles. The third kappa shape index (κ3) is 4.53. The van der Waals surface area contributed by atoms with Gasteiger partial charge in [-0.2, -0.15) is 0 Å². The van der Waals surface area contributed by atoms with Crippen molar-refractivity contribution in [3.05, 3.63) is 78.4 Å². The van der Waals surface area contributed by atoms with Crippen LogP contribution in [0.1, 0.15) is 23.1 Å². The van der Waals surface area contributed by atoms with Gasteiger partial charge in [-0.3, -0.25) is 9.59 Å². The van der Waals surface area contributed by atoms with Gasteiger partial charge in [-0.25, -0.2) is 4.98 Å². The summed E-state index contributed by atoms with van der Waals surface area (Å²) in [6, 6.07) is 18.6. The van der Waals surface area contributed by atoms with Gasteiger partial charge < -0.3 is 14.4 Å². The molecule has 160 valence electrons. The molecule has 0 spiro atoms. The van der Waals surface area contributed by atoms with Crippen molar-refractivity contribution in [3.63, 3.8) is 0 Å². The molecule has 1 saturated heterocycles. The van der Waals surface area contributed by atoms with Gasteiger partial charge in [0.1, 0.15) is 0 Å². The van der Waals surface area contributed by atoms with Crippen LogP contribution in [0.5, 0.6) is 0 Å². The van der Waals surface area contributed by atoms with E-state index in [0.29, 0.717) is 38.4 Å². The molecular formula is C25H28N4O2. The summed E-state index contributed by atoms with van der Waals surface area (Å²) in [5.74, 6) is 0.130. The van der Waals surface area contributed by atoms with Crippen LogP contribution in [0.4, 0.5) is 0 Å². The van der Waals surface area contributed by atoms with Crippen LogP contribution in [0.25, 0.3) is 11.1 Å². The summed E-state index contributed by atoms with van der Waals surface area (Å²) in [6.07, 6.45) is 4.00. The van der Waals surface area contributed by atoms with E-state index in [4.69, 9.17) is 0 Å². The summed E-state index contributed by atoms with van der Waals surface area (Å²) in [6.45, 7) is 4.11. The molecular weight excluding hydrogens is 388 g/mol. The minimum atomic E-state index is -0.269. The highest BCUT2D eigenvalue weighted by Crippen LogP contribution is 2.22. The van der Waals surface area contributed by atoms with E-state index in [1.54, 1.807) is 21.9 Å². The van der Waals surface area contributed by atoms with Crippen molar-refractivity contribution in [1.29, 1.82) is 0 Å². The van der Waals surface area contributed by atoms with Gasteiger partial charge in [0.15, 0.2) is 5.82 Å². The topological polar surface area (TPSA) is 58.4 Å². The van der Waals surface area contributed by atoms with E-state index in [0.717, 1.165) is 11.1 Å². The van der Waals surface area contributed by atoms with Crippen LogP contribution in [-0.2, 0) is 18.3 Å². The molecule has 1 fully saturated rings. The van der Waals surface area contributed by atoms with Crippen LogP contribution in [0.3, 0.4) is 0 Å². The first-order valence-electron chi connectivity index (χ1n) is 10.8. The fourth-order valence-corrected chi connectivity index (χ4v) is 4.16. The Labute approximate surface area is 183 Å². The predicted molar refractivity (Wildman–Crippen MR) is 120 cm³/mol. The van der Waals surface area contributed by atoms with Gasteiger partial charge in [0.25, 0.3) is 5.91 Å². The Bertz CT molecular complexity index is 1040. The van der Waals surface area contributed by atoms with Gasteiger partial charge in [-0.05, 0) is 30.0 Å². The molecule has 0 N–H and O–H groups in total. The minimum absolute atomic E-state index is 0.116. The number of hydrogen-bond donors (Lipinski definition) is 0. The van der Waals surface area contributed by atoms with Crippen LogP contribution in [0.15, 0.2) is 67.0 Å². The summed E-state index contributed by atoms with van der Waals surface area (Å²) in [4.78, 5) is 34.0. The van der Waals surface area contributed by atoms with Gasteiger partial charge in [0.2, 0.25) is 5.91 Å². The first-order chi connectivity index (χ1) is 15.1.